The number of benzene rings is 2. The SMILES string of the molecule is O=C1CCCC2=C1C(c1cccc(O)c1)n1nc(SCc3ccc([N+](=O)[O-])cc3)nc1N2. The van der Waals surface area contributed by atoms with E-state index in [-0.39, 0.29) is 17.2 Å². The number of fused-ring (bicyclic) bond motifs is 1. The van der Waals surface area contributed by atoms with Crippen molar-refractivity contribution in [2.45, 2.75) is 36.2 Å². The number of phenolic OH excluding ortho intramolecular Hbond substituents is 1. The van der Waals surface area contributed by atoms with E-state index >= 15 is 0 Å². The van der Waals surface area contributed by atoms with Gasteiger partial charge in [0.05, 0.1) is 4.92 Å². The fourth-order valence-corrected chi connectivity index (χ4v) is 4.85. The summed E-state index contributed by atoms with van der Waals surface area (Å²) in [5.41, 5.74) is 3.27. The molecule has 32 heavy (non-hydrogen) atoms. The molecule has 0 spiro atoms. The van der Waals surface area contributed by atoms with Gasteiger partial charge in [0.15, 0.2) is 5.78 Å². The number of carbonyl (C=O) groups excluding carboxylic acids is 1. The molecular formula is C22H19N5O4S. The first kappa shape index (κ1) is 20.3. The number of carbonyl (C=O) groups is 1. The summed E-state index contributed by atoms with van der Waals surface area (Å²) in [6.07, 6.45) is 2.03. The number of non-ortho nitro benzene ring substituents is 1. The number of nitro benzene ring substituents is 1. The Morgan fingerprint density at radius 2 is 2.03 bits per heavy atom. The lowest BCUT2D eigenvalue weighted by atomic mass is 9.85. The van der Waals surface area contributed by atoms with E-state index in [2.05, 4.69) is 15.4 Å². The van der Waals surface area contributed by atoms with Gasteiger partial charge in [-0.2, -0.15) is 4.98 Å². The number of hydrogen-bond donors (Lipinski definition) is 2. The maximum atomic E-state index is 12.8. The molecule has 1 aromatic heterocycles. The molecular weight excluding hydrogens is 430 g/mol. The molecule has 5 rings (SSSR count). The van der Waals surface area contributed by atoms with Crippen LogP contribution in [-0.2, 0) is 10.5 Å². The maximum absolute atomic E-state index is 12.8. The molecule has 1 aliphatic heterocycles. The Morgan fingerprint density at radius 1 is 1.22 bits per heavy atom. The molecule has 1 aliphatic carbocycles. The first-order valence-electron chi connectivity index (χ1n) is 10.1. The van der Waals surface area contributed by atoms with Gasteiger partial charge < -0.3 is 10.4 Å². The number of aromatic nitrogens is 3. The number of hydrogen-bond acceptors (Lipinski definition) is 8. The van der Waals surface area contributed by atoms with E-state index in [0.717, 1.165) is 29.7 Å². The number of aromatic hydroxyl groups is 1. The molecule has 0 amide bonds. The van der Waals surface area contributed by atoms with Crippen LogP contribution >= 0.6 is 11.8 Å². The molecule has 0 bridgehead atoms. The summed E-state index contributed by atoms with van der Waals surface area (Å²) in [6.45, 7) is 0. The zero-order valence-corrected chi connectivity index (χ0v) is 17.7. The number of nitro groups is 1. The van der Waals surface area contributed by atoms with Gasteiger partial charge in [0.25, 0.3) is 5.69 Å². The summed E-state index contributed by atoms with van der Waals surface area (Å²) in [5, 5.41) is 29.3. The predicted octanol–water partition coefficient (Wildman–Crippen LogP) is 4.21. The van der Waals surface area contributed by atoms with Crippen LogP contribution in [0.5, 0.6) is 5.75 Å². The van der Waals surface area contributed by atoms with Crippen molar-refractivity contribution in [3.63, 3.8) is 0 Å². The molecule has 0 saturated carbocycles. The van der Waals surface area contributed by atoms with Gasteiger partial charge in [-0.05, 0) is 36.1 Å². The number of nitrogens with one attached hydrogen (secondary N) is 1. The van der Waals surface area contributed by atoms with Crippen molar-refractivity contribution in [3.05, 3.63) is 81.0 Å². The number of anilines is 1. The minimum Gasteiger partial charge on any atom is -0.508 e. The zero-order valence-electron chi connectivity index (χ0n) is 16.9. The van der Waals surface area contributed by atoms with Crippen molar-refractivity contribution in [2.24, 2.45) is 0 Å². The molecule has 10 heteroatoms. The Balaban J connectivity index is 1.45. The van der Waals surface area contributed by atoms with Crippen molar-refractivity contribution in [3.8, 4) is 5.75 Å². The minimum absolute atomic E-state index is 0.0498. The molecule has 1 atom stereocenters. The van der Waals surface area contributed by atoms with Crippen LogP contribution in [0.15, 0.2) is 65.0 Å². The first-order chi connectivity index (χ1) is 15.5. The highest BCUT2D eigenvalue weighted by atomic mass is 32.2. The Hall–Kier alpha value is -3.66. The number of allylic oxidation sites excluding steroid dienone is 2. The lowest BCUT2D eigenvalue weighted by Crippen LogP contribution is -2.31. The van der Waals surface area contributed by atoms with Crippen LogP contribution < -0.4 is 5.32 Å². The van der Waals surface area contributed by atoms with E-state index in [1.807, 2.05) is 6.07 Å². The third-order valence-electron chi connectivity index (χ3n) is 5.55. The predicted molar refractivity (Wildman–Crippen MR) is 118 cm³/mol. The van der Waals surface area contributed by atoms with Crippen molar-refractivity contribution in [1.29, 1.82) is 0 Å². The lowest BCUT2D eigenvalue weighted by molar-refractivity contribution is -0.384. The monoisotopic (exact) mass is 449 g/mol. The minimum atomic E-state index is -0.456. The largest absolute Gasteiger partial charge is 0.508 e. The average molecular weight is 449 g/mol. The van der Waals surface area contributed by atoms with Gasteiger partial charge in [0.1, 0.15) is 11.8 Å². The molecule has 1 unspecified atom stereocenters. The van der Waals surface area contributed by atoms with Crippen LogP contribution in [0.4, 0.5) is 11.6 Å². The van der Waals surface area contributed by atoms with Crippen molar-refractivity contribution < 1.29 is 14.8 Å². The highest BCUT2D eigenvalue weighted by molar-refractivity contribution is 7.98. The highest BCUT2D eigenvalue weighted by Crippen LogP contribution is 2.41. The van der Waals surface area contributed by atoms with Gasteiger partial charge in [0, 0.05) is 35.6 Å². The molecule has 3 aromatic rings. The van der Waals surface area contributed by atoms with Crippen LogP contribution in [0.2, 0.25) is 0 Å². The van der Waals surface area contributed by atoms with Crippen LogP contribution in [0.3, 0.4) is 0 Å². The second-order valence-electron chi connectivity index (χ2n) is 7.67. The van der Waals surface area contributed by atoms with Crippen LogP contribution in [0.25, 0.3) is 0 Å². The fraction of sp³-hybridized carbons (Fsp3) is 0.227. The summed E-state index contributed by atoms with van der Waals surface area (Å²) in [6, 6.07) is 12.8. The Kier molecular flexibility index (Phi) is 5.14. The molecule has 2 N–H and O–H groups in total. The van der Waals surface area contributed by atoms with Crippen LogP contribution in [-0.4, -0.2) is 30.6 Å². The number of rotatable bonds is 5. The van der Waals surface area contributed by atoms with E-state index in [1.54, 1.807) is 35.0 Å². The Bertz CT molecular complexity index is 1250. The van der Waals surface area contributed by atoms with E-state index in [0.29, 0.717) is 28.9 Å². The third-order valence-corrected chi connectivity index (χ3v) is 6.46. The van der Waals surface area contributed by atoms with Gasteiger partial charge in [-0.15, -0.1) is 5.10 Å². The molecule has 9 nitrogen and oxygen atoms in total. The van der Waals surface area contributed by atoms with Gasteiger partial charge in [-0.25, -0.2) is 4.68 Å². The van der Waals surface area contributed by atoms with E-state index < -0.39 is 11.0 Å². The molecule has 162 valence electrons. The van der Waals surface area contributed by atoms with Crippen molar-refractivity contribution in [1.82, 2.24) is 14.8 Å². The number of Topliss-reactive ketones (excluding diaryl/α,β-unsaturated/α-hetero) is 1. The molecule has 0 saturated heterocycles. The maximum Gasteiger partial charge on any atom is 0.269 e. The van der Waals surface area contributed by atoms with Gasteiger partial charge in [-0.3, -0.25) is 14.9 Å². The fourth-order valence-electron chi connectivity index (χ4n) is 4.06. The molecule has 2 aliphatic rings. The molecule has 2 heterocycles. The molecule has 2 aromatic carbocycles. The zero-order chi connectivity index (χ0) is 22.2. The summed E-state index contributed by atoms with van der Waals surface area (Å²) in [7, 11) is 0. The van der Waals surface area contributed by atoms with Gasteiger partial charge in [0.2, 0.25) is 11.1 Å². The smallest absolute Gasteiger partial charge is 0.269 e. The number of ketones is 1. The summed E-state index contributed by atoms with van der Waals surface area (Å²) < 4.78 is 1.70. The second kappa shape index (κ2) is 8.12. The number of phenols is 1. The normalized spacial score (nSPS) is 17.5. The number of nitrogens with zero attached hydrogens (tertiary/aromatic N) is 4. The molecule has 0 fully saturated rings. The van der Waals surface area contributed by atoms with Crippen molar-refractivity contribution in [2.75, 3.05) is 5.32 Å². The summed E-state index contributed by atoms with van der Waals surface area (Å²) >= 11 is 1.41. The third kappa shape index (κ3) is 3.73. The van der Waals surface area contributed by atoms with Gasteiger partial charge >= 0.3 is 0 Å². The Labute approximate surface area is 187 Å². The molecule has 0 radical (unpaired) electrons. The quantitative estimate of drug-likeness (QED) is 0.337. The number of thioether (sulfide) groups is 1. The van der Waals surface area contributed by atoms with E-state index in [1.165, 1.54) is 23.9 Å². The van der Waals surface area contributed by atoms with Crippen LogP contribution in [0.1, 0.15) is 36.4 Å². The summed E-state index contributed by atoms with van der Waals surface area (Å²) in [5.74, 6) is 1.30. The van der Waals surface area contributed by atoms with E-state index in [4.69, 9.17) is 0 Å². The van der Waals surface area contributed by atoms with E-state index in [9.17, 15) is 20.0 Å². The topological polar surface area (TPSA) is 123 Å². The highest BCUT2D eigenvalue weighted by Gasteiger charge is 2.36. The Morgan fingerprint density at radius 3 is 2.78 bits per heavy atom. The standard InChI is InChI=1S/C22H19N5O4S/c28-16-4-1-3-14(11-16)20-19-17(5-2-6-18(19)29)23-21-24-22(25-26(20)21)32-12-13-7-9-15(10-8-13)27(30)31/h1,3-4,7-11,20,28H,2,5-6,12H2,(H,23,24,25). The van der Waals surface area contributed by atoms with Crippen molar-refractivity contribution >= 4 is 29.2 Å². The summed E-state index contributed by atoms with van der Waals surface area (Å²) in [4.78, 5) is 27.8. The lowest BCUT2D eigenvalue weighted by Gasteiger charge is -2.32. The second-order valence-corrected chi connectivity index (χ2v) is 8.61. The average Bonchev–Trinajstić information content (AvgIpc) is 3.19. The first-order valence-corrected chi connectivity index (χ1v) is 11.1. The van der Waals surface area contributed by atoms with Crippen LogP contribution in [0, 0.1) is 10.1 Å². The van der Waals surface area contributed by atoms with Gasteiger partial charge in [-0.1, -0.05) is 36.0 Å².